The van der Waals surface area contributed by atoms with E-state index in [1.54, 1.807) is 0 Å². The van der Waals surface area contributed by atoms with E-state index in [0.717, 1.165) is 67.8 Å². The van der Waals surface area contributed by atoms with E-state index in [9.17, 15) is 9.59 Å². The summed E-state index contributed by atoms with van der Waals surface area (Å²) >= 11 is 3.44. The molecule has 198 valence electrons. The zero-order chi connectivity index (χ0) is 25.6. The van der Waals surface area contributed by atoms with Crippen molar-refractivity contribution in [2.45, 2.75) is 63.5 Å². The summed E-state index contributed by atoms with van der Waals surface area (Å²) in [5.74, 6) is 0.125. The fourth-order valence-corrected chi connectivity index (χ4v) is 6.58. The van der Waals surface area contributed by atoms with Gasteiger partial charge >= 0.3 is 0 Å². The number of nitrogens with one attached hydrogen (secondary N) is 1. The summed E-state index contributed by atoms with van der Waals surface area (Å²) in [6.07, 6.45) is 9.81. The van der Waals surface area contributed by atoms with Gasteiger partial charge in [-0.3, -0.25) is 14.5 Å². The Bertz CT molecular complexity index is 1070. The Morgan fingerprint density at radius 1 is 0.784 bits per heavy atom. The highest BCUT2D eigenvalue weighted by atomic mass is 79.9. The predicted octanol–water partition coefficient (Wildman–Crippen LogP) is 5.33. The lowest BCUT2D eigenvalue weighted by Crippen LogP contribution is -2.52. The molecule has 6 nitrogen and oxygen atoms in total. The van der Waals surface area contributed by atoms with E-state index >= 15 is 0 Å². The first-order chi connectivity index (χ1) is 18.1. The molecule has 1 aliphatic carbocycles. The molecule has 2 aromatic carbocycles. The maximum absolute atomic E-state index is 13.6. The standard InChI is InChI=1S/C30H39BrN4O2/c31-24-9-7-8-23(22-24)29(36)32-25-14-16-34(17-15-25)28-13-6-5-12-27(28)30(37)35-20-18-33(19-21-35)26-10-3-1-2-4-11-26/h5-9,12-13,22,25-26H,1-4,10-11,14-21H2,(H,32,36). The van der Waals surface area contributed by atoms with Gasteiger partial charge in [-0.1, -0.05) is 59.8 Å². The Labute approximate surface area is 229 Å². The molecule has 37 heavy (non-hydrogen) atoms. The molecule has 2 heterocycles. The molecule has 0 atom stereocenters. The third-order valence-electron chi connectivity index (χ3n) is 8.33. The summed E-state index contributed by atoms with van der Waals surface area (Å²) in [6, 6.07) is 16.4. The number of amides is 2. The zero-order valence-corrected chi connectivity index (χ0v) is 23.3. The maximum Gasteiger partial charge on any atom is 0.256 e. The minimum atomic E-state index is -0.0293. The molecule has 3 aliphatic rings. The summed E-state index contributed by atoms with van der Waals surface area (Å²) in [4.78, 5) is 33.3. The van der Waals surface area contributed by atoms with Crippen LogP contribution in [0.4, 0.5) is 5.69 Å². The first-order valence-electron chi connectivity index (χ1n) is 14.0. The van der Waals surface area contributed by atoms with E-state index in [-0.39, 0.29) is 17.9 Å². The Kier molecular flexibility index (Phi) is 8.82. The highest BCUT2D eigenvalue weighted by molar-refractivity contribution is 9.10. The Morgan fingerprint density at radius 2 is 1.49 bits per heavy atom. The number of nitrogens with zero attached hydrogens (tertiary/aromatic N) is 3. The van der Waals surface area contributed by atoms with Gasteiger partial charge < -0.3 is 15.1 Å². The quantitative estimate of drug-likeness (QED) is 0.497. The van der Waals surface area contributed by atoms with E-state index < -0.39 is 0 Å². The second-order valence-electron chi connectivity index (χ2n) is 10.7. The smallest absolute Gasteiger partial charge is 0.256 e. The average molecular weight is 568 g/mol. The van der Waals surface area contributed by atoms with Gasteiger partial charge in [-0.2, -0.15) is 0 Å². The van der Waals surface area contributed by atoms with E-state index in [1.165, 1.54) is 38.5 Å². The van der Waals surface area contributed by atoms with Gasteiger partial charge in [-0.25, -0.2) is 0 Å². The number of piperazine rings is 1. The van der Waals surface area contributed by atoms with Gasteiger partial charge in [0, 0.05) is 67.1 Å². The lowest BCUT2D eigenvalue weighted by atomic mass is 10.0. The van der Waals surface area contributed by atoms with E-state index in [0.29, 0.717) is 11.6 Å². The highest BCUT2D eigenvalue weighted by Crippen LogP contribution is 2.27. The number of para-hydroxylation sites is 1. The molecule has 7 heteroatoms. The Morgan fingerprint density at radius 3 is 2.19 bits per heavy atom. The lowest BCUT2D eigenvalue weighted by molar-refractivity contribution is 0.0552. The summed E-state index contributed by atoms with van der Waals surface area (Å²) in [5, 5.41) is 3.19. The largest absolute Gasteiger partial charge is 0.371 e. The van der Waals surface area contributed by atoms with Crippen LogP contribution in [0.15, 0.2) is 53.0 Å². The van der Waals surface area contributed by atoms with Crippen molar-refractivity contribution in [1.82, 2.24) is 15.1 Å². The summed E-state index contributed by atoms with van der Waals surface area (Å²) in [6.45, 7) is 5.25. The number of rotatable bonds is 5. The van der Waals surface area contributed by atoms with Crippen molar-refractivity contribution in [3.8, 4) is 0 Å². The molecule has 0 radical (unpaired) electrons. The molecule has 1 saturated carbocycles. The van der Waals surface area contributed by atoms with Gasteiger partial charge in [0.1, 0.15) is 0 Å². The molecule has 1 N–H and O–H groups in total. The van der Waals surface area contributed by atoms with Crippen LogP contribution in [0, 0.1) is 0 Å². The molecule has 0 unspecified atom stereocenters. The van der Waals surface area contributed by atoms with E-state index in [1.807, 2.05) is 42.5 Å². The second kappa shape index (κ2) is 12.4. The fourth-order valence-electron chi connectivity index (χ4n) is 6.18. The van der Waals surface area contributed by atoms with Gasteiger partial charge in [0.25, 0.3) is 11.8 Å². The third-order valence-corrected chi connectivity index (χ3v) is 8.83. The minimum absolute atomic E-state index is 0.0293. The van der Waals surface area contributed by atoms with Gasteiger partial charge in [-0.05, 0) is 56.0 Å². The van der Waals surface area contributed by atoms with Crippen molar-refractivity contribution in [3.63, 3.8) is 0 Å². The number of hydrogen-bond donors (Lipinski definition) is 1. The minimum Gasteiger partial charge on any atom is -0.371 e. The highest BCUT2D eigenvalue weighted by Gasteiger charge is 2.29. The van der Waals surface area contributed by atoms with Crippen molar-refractivity contribution >= 4 is 33.4 Å². The number of benzene rings is 2. The van der Waals surface area contributed by atoms with Gasteiger partial charge in [0.15, 0.2) is 0 Å². The number of hydrogen-bond acceptors (Lipinski definition) is 4. The molecule has 2 aromatic rings. The number of anilines is 1. The molecule has 2 amide bonds. The zero-order valence-electron chi connectivity index (χ0n) is 21.7. The fraction of sp³-hybridized carbons (Fsp3) is 0.533. The van der Waals surface area contributed by atoms with Gasteiger partial charge in [0.2, 0.25) is 0 Å². The van der Waals surface area contributed by atoms with Crippen molar-refractivity contribution in [3.05, 3.63) is 64.1 Å². The van der Waals surface area contributed by atoms with Crippen LogP contribution in [0.1, 0.15) is 72.1 Å². The molecular formula is C30H39BrN4O2. The molecule has 0 bridgehead atoms. The number of piperidine rings is 1. The molecule has 2 saturated heterocycles. The normalized spacial score (nSPS) is 20.5. The van der Waals surface area contributed by atoms with Crippen LogP contribution in [0.2, 0.25) is 0 Å². The van der Waals surface area contributed by atoms with Crippen LogP contribution in [-0.4, -0.2) is 73.0 Å². The van der Waals surface area contributed by atoms with Crippen molar-refractivity contribution < 1.29 is 9.59 Å². The average Bonchev–Trinajstić information content (AvgIpc) is 3.23. The van der Waals surface area contributed by atoms with E-state index in [2.05, 4.69) is 42.0 Å². The van der Waals surface area contributed by atoms with Crippen molar-refractivity contribution in [2.75, 3.05) is 44.2 Å². The number of carbonyl (C=O) groups excluding carboxylic acids is 2. The van der Waals surface area contributed by atoms with Crippen LogP contribution in [0.5, 0.6) is 0 Å². The first kappa shape index (κ1) is 26.2. The topological polar surface area (TPSA) is 55.9 Å². The summed E-state index contributed by atoms with van der Waals surface area (Å²) in [7, 11) is 0. The third kappa shape index (κ3) is 6.55. The molecule has 2 aliphatic heterocycles. The summed E-state index contributed by atoms with van der Waals surface area (Å²) in [5.41, 5.74) is 2.50. The van der Waals surface area contributed by atoms with Gasteiger partial charge in [0.05, 0.1) is 5.56 Å². The number of halogens is 1. The SMILES string of the molecule is O=C(NC1CCN(c2ccccc2C(=O)N2CCN(C3CCCCCC3)CC2)CC1)c1cccc(Br)c1. The summed E-state index contributed by atoms with van der Waals surface area (Å²) < 4.78 is 0.905. The molecule has 0 spiro atoms. The van der Waals surface area contributed by atoms with E-state index in [4.69, 9.17) is 0 Å². The van der Waals surface area contributed by atoms with Crippen LogP contribution >= 0.6 is 15.9 Å². The second-order valence-corrected chi connectivity index (χ2v) is 11.7. The van der Waals surface area contributed by atoms with Gasteiger partial charge in [-0.15, -0.1) is 0 Å². The van der Waals surface area contributed by atoms with Crippen LogP contribution in [0.25, 0.3) is 0 Å². The maximum atomic E-state index is 13.6. The molecular weight excluding hydrogens is 528 g/mol. The van der Waals surface area contributed by atoms with Crippen LogP contribution in [-0.2, 0) is 0 Å². The molecule has 3 fully saturated rings. The van der Waals surface area contributed by atoms with Crippen LogP contribution < -0.4 is 10.2 Å². The van der Waals surface area contributed by atoms with Crippen LogP contribution in [0.3, 0.4) is 0 Å². The first-order valence-corrected chi connectivity index (χ1v) is 14.8. The van der Waals surface area contributed by atoms with Crippen molar-refractivity contribution in [2.24, 2.45) is 0 Å². The monoisotopic (exact) mass is 566 g/mol. The molecule has 0 aromatic heterocycles. The Balaban J connectivity index is 1.16. The van der Waals surface area contributed by atoms with Crippen molar-refractivity contribution in [1.29, 1.82) is 0 Å². The predicted molar refractivity (Wildman–Crippen MR) is 152 cm³/mol. The number of carbonyl (C=O) groups is 2. The Hall–Kier alpha value is -2.38. The lowest BCUT2D eigenvalue weighted by Gasteiger charge is -2.40. The molecule has 5 rings (SSSR count).